The summed E-state index contributed by atoms with van der Waals surface area (Å²) in [6.45, 7) is 5.62. The molecule has 1 saturated heterocycles. The molecule has 1 atom stereocenters. The summed E-state index contributed by atoms with van der Waals surface area (Å²) >= 11 is 7.68. The van der Waals surface area contributed by atoms with E-state index in [0.717, 1.165) is 47.3 Å². The van der Waals surface area contributed by atoms with Crippen LogP contribution in [0.4, 0.5) is 5.69 Å². The maximum Gasteiger partial charge on any atom is 0.230 e. The molecule has 0 bridgehead atoms. The van der Waals surface area contributed by atoms with Crippen LogP contribution in [0.25, 0.3) is 4.96 Å². The maximum absolute atomic E-state index is 10.9. The first-order chi connectivity index (χ1) is 14.6. The molecule has 1 aliphatic rings. The number of benzene rings is 2. The fraction of sp³-hybridized carbons (Fsp3) is 0.273. The van der Waals surface area contributed by atoms with Crippen molar-refractivity contribution in [2.24, 2.45) is 0 Å². The van der Waals surface area contributed by atoms with Gasteiger partial charge in [-0.15, -0.1) is 0 Å². The quantitative estimate of drug-likeness (QED) is 0.511. The number of rotatable bonds is 4. The van der Waals surface area contributed by atoms with Gasteiger partial charge >= 0.3 is 0 Å². The van der Waals surface area contributed by atoms with E-state index in [1.54, 1.807) is 0 Å². The van der Waals surface area contributed by atoms with Gasteiger partial charge in [0, 0.05) is 36.9 Å². The summed E-state index contributed by atoms with van der Waals surface area (Å²) in [6.07, 6.45) is 1.47. The molecular weight excluding hydrogens is 418 g/mol. The average Bonchev–Trinajstić information content (AvgIpc) is 3.34. The van der Waals surface area contributed by atoms with Gasteiger partial charge in [0.25, 0.3) is 0 Å². The summed E-state index contributed by atoms with van der Waals surface area (Å²) in [5.41, 5.74) is 3.53. The molecule has 0 radical (unpaired) electrons. The molecule has 0 aliphatic carbocycles. The second kappa shape index (κ2) is 7.91. The molecule has 1 fully saturated rings. The fourth-order valence-corrected chi connectivity index (χ4v) is 5.34. The Bertz CT molecular complexity index is 1160. The molecule has 0 amide bonds. The lowest BCUT2D eigenvalue weighted by atomic mass is 10.0. The van der Waals surface area contributed by atoms with Crippen LogP contribution in [0.15, 0.2) is 54.9 Å². The molecular formula is C22H22ClN5OS. The predicted molar refractivity (Wildman–Crippen MR) is 121 cm³/mol. The lowest BCUT2D eigenvalue weighted by Crippen LogP contribution is -2.47. The number of aryl methyl sites for hydroxylation is 1. The Kier molecular flexibility index (Phi) is 5.10. The molecule has 0 spiro atoms. The van der Waals surface area contributed by atoms with E-state index in [1.165, 1.54) is 27.7 Å². The Balaban J connectivity index is 1.46. The topological polar surface area (TPSA) is 56.9 Å². The van der Waals surface area contributed by atoms with Crippen molar-refractivity contribution < 1.29 is 5.11 Å². The van der Waals surface area contributed by atoms with Gasteiger partial charge in [0.1, 0.15) is 6.33 Å². The molecule has 5 rings (SSSR count). The van der Waals surface area contributed by atoms with E-state index in [2.05, 4.69) is 57.1 Å². The smallest absolute Gasteiger partial charge is 0.230 e. The van der Waals surface area contributed by atoms with Gasteiger partial charge in [0.2, 0.25) is 10.8 Å². The third kappa shape index (κ3) is 3.53. The molecule has 1 aliphatic heterocycles. The van der Waals surface area contributed by atoms with Gasteiger partial charge in [-0.3, -0.25) is 4.90 Å². The summed E-state index contributed by atoms with van der Waals surface area (Å²) in [6, 6.07) is 16.5. The maximum atomic E-state index is 10.9. The molecule has 2 aromatic heterocycles. The molecule has 8 heteroatoms. The Morgan fingerprint density at radius 2 is 1.83 bits per heavy atom. The second-order valence-electron chi connectivity index (χ2n) is 7.56. The van der Waals surface area contributed by atoms with E-state index < -0.39 is 0 Å². The number of aromatic hydroxyl groups is 1. The van der Waals surface area contributed by atoms with Gasteiger partial charge in [-0.25, -0.2) is 4.98 Å². The predicted octanol–water partition coefficient (Wildman–Crippen LogP) is 4.37. The summed E-state index contributed by atoms with van der Waals surface area (Å²) in [4.78, 5) is 10.6. The summed E-state index contributed by atoms with van der Waals surface area (Å²) in [5, 5.41) is 15.8. The zero-order valence-corrected chi connectivity index (χ0v) is 18.1. The van der Waals surface area contributed by atoms with Crippen LogP contribution >= 0.6 is 22.9 Å². The molecule has 1 unspecified atom stereocenters. The first kappa shape index (κ1) is 19.4. The number of halogens is 1. The van der Waals surface area contributed by atoms with E-state index in [4.69, 9.17) is 11.6 Å². The first-order valence-corrected chi connectivity index (χ1v) is 11.1. The fourth-order valence-electron chi connectivity index (χ4n) is 4.06. The Hall–Kier alpha value is -2.61. The lowest BCUT2D eigenvalue weighted by Gasteiger charge is -2.40. The van der Waals surface area contributed by atoms with Crippen molar-refractivity contribution in [1.82, 2.24) is 19.5 Å². The number of thiazole rings is 1. The zero-order chi connectivity index (χ0) is 20.7. The Morgan fingerprint density at radius 3 is 2.53 bits per heavy atom. The Morgan fingerprint density at radius 1 is 1.07 bits per heavy atom. The van der Waals surface area contributed by atoms with E-state index in [0.29, 0.717) is 4.96 Å². The molecule has 0 saturated carbocycles. The van der Waals surface area contributed by atoms with Gasteiger partial charge in [-0.2, -0.15) is 9.61 Å². The number of piperazine rings is 1. The van der Waals surface area contributed by atoms with Crippen LogP contribution in [0.2, 0.25) is 5.02 Å². The molecule has 154 valence electrons. The van der Waals surface area contributed by atoms with Crippen molar-refractivity contribution in [2.75, 3.05) is 31.1 Å². The number of anilines is 1. The SMILES string of the molecule is Cc1ccc(C(c2sc3ncnn3c2O)N2CCN(c3cccc(Cl)c3)CC2)cc1. The van der Waals surface area contributed by atoms with E-state index >= 15 is 0 Å². The van der Waals surface area contributed by atoms with E-state index in [1.807, 2.05) is 18.2 Å². The van der Waals surface area contributed by atoms with Crippen LogP contribution in [-0.2, 0) is 0 Å². The van der Waals surface area contributed by atoms with Crippen molar-refractivity contribution in [3.05, 3.63) is 75.9 Å². The van der Waals surface area contributed by atoms with Crippen molar-refractivity contribution >= 4 is 33.6 Å². The minimum atomic E-state index is -0.0411. The van der Waals surface area contributed by atoms with Crippen LogP contribution in [0.1, 0.15) is 22.0 Å². The van der Waals surface area contributed by atoms with E-state index in [9.17, 15) is 5.11 Å². The Labute approximate surface area is 184 Å². The van der Waals surface area contributed by atoms with Crippen molar-refractivity contribution in [3.8, 4) is 5.88 Å². The highest BCUT2D eigenvalue weighted by Gasteiger charge is 2.31. The standard InChI is InChI=1S/C22H22ClN5OS/c1-15-5-7-16(8-6-15)19(20-21(29)28-22(30-20)24-14-25-28)27-11-9-26(10-12-27)18-4-2-3-17(23)13-18/h2-8,13-14,19,29H,9-12H2,1H3. The molecule has 2 aromatic carbocycles. The number of hydrogen-bond acceptors (Lipinski definition) is 6. The van der Waals surface area contributed by atoms with Crippen molar-refractivity contribution in [2.45, 2.75) is 13.0 Å². The number of fused-ring (bicyclic) bond motifs is 1. The third-order valence-electron chi connectivity index (χ3n) is 5.63. The largest absolute Gasteiger partial charge is 0.492 e. The first-order valence-electron chi connectivity index (χ1n) is 9.92. The second-order valence-corrected chi connectivity index (χ2v) is 9.01. The highest BCUT2D eigenvalue weighted by atomic mass is 35.5. The van der Waals surface area contributed by atoms with Crippen LogP contribution in [-0.4, -0.2) is 50.8 Å². The van der Waals surface area contributed by atoms with Crippen LogP contribution in [0.3, 0.4) is 0 Å². The molecule has 3 heterocycles. The van der Waals surface area contributed by atoms with Gasteiger partial charge in [0.15, 0.2) is 0 Å². The summed E-state index contributed by atoms with van der Waals surface area (Å²) in [7, 11) is 0. The summed E-state index contributed by atoms with van der Waals surface area (Å²) < 4.78 is 1.52. The monoisotopic (exact) mass is 439 g/mol. The molecule has 6 nitrogen and oxygen atoms in total. The highest BCUT2D eigenvalue weighted by Crippen LogP contribution is 2.40. The minimum absolute atomic E-state index is 0.0411. The number of hydrogen-bond donors (Lipinski definition) is 1. The third-order valence-corrected chi connectivity index (χ3v) is 6.95. The minimum Gasteiger partial charge on any atom is -0.492 e. The van der Waals surface area contributed by atoms with Crippen LogP contribution in [0, 0.1) is 6.92 Å². The van der Waals surface area contributed by atoms with Gasteiger partial charge in [-0.1, -0.05) is 58.8 Å². The van der Waals surface area contributed by atoms with Crippen molar-refractivity contribution in [3.63, 3.8) is 0 Å². The molecule has 30 heavy (non-hydrogen) atoms. The number of aromatic nitrogens is 3. The summed E-state index contributed by atoms with van der Waals surface area (Å²) in [5.74, 6) is 0.176. The molecule has 4 aromatic rings. The van der Waals surface area contributed by atoms with Crippen LogP contribution < -0.4 is 4.90 Å². The van der Waals surface area contributed by atoms with Gasteiger partial charge in [-0.05, 0) is 30.7 Å². The normalized spacial score (nSPS) is 16.3. The van der Waals surface area contributed by atoms with Gasteiger partial charge in [0.05, 0.1) is 10.9 Å². The van der Waals surface area contributed by atoms with Crippen molar-refractivity contribution in [1.29, 1.82) is 0 Å². The van der Waals surface area contributed by atoms with Gasteiger partial charge < -0.3 is 10.0 Å². The highest BCUT2D eigenvalue weighted by molar-refractivity contribution is 7.17. The van der Waals surface area contributed by atoms with Crippen LogP contribution in [0.5, 0.6) is 5.88 Å². The molecule has 1 N–H and O–H groups in total. The number of nitrogens with zero attached hydrogens (tertiary/aromatic N) is 5. The average molecular weight is 440 g/mol. The van der Waals surface area contributed by atoms with E-state index in [-0.39, 0.29) is 11.9 Å². The zero-order valence-electron chi connectivity index (χ0n) is 16.6. The lowest BCUT2D eigenvalue weighted by molar-refractivity contribution is 0.211.